The van der Waals surface area contributed by atoms with Crippen LogP contribution in [0.1, 0.15) is 28.4 Å². The predicted molar refractivity (Wildman–Crippen MR) is 93.1 cm³/mol. The number of halogens is 3. The first-order valence-electron chi connectivity index (χ1n) is 8.49. The van der Waals surface area contributed by atoms with Crippen molar-refractivity contribution in [2.45, 2.75) is 18.8 Å². The van der Waals surface area contributed by atoms with Crippen LogP contribution in [-0.2, 0) is 17.5 Å². The van der Waals surface area contributed by atoms with Crippen molar-refractivity contribution < 1.29 is 22.6 Å². The largest absolute Gasteiger partial charge is 0.496 e. The highest BCUT2D eigenvalue weighted by atomic mass is 19.4. The van der Waals surface area contributed by atoms with Crippen LogP contribution in [0.15, 0.2) is 42.5 Å². The Kier molecular flexibility index (Phi) is 5.68. The summed E-state index contributed by atoms with van der Waals surface area (Å²) in [5, 5.41) is 9.10. The molecule has 1 saturated heterocycles. The van der Waals surface area contributed by atoms with Gasteiger partial charge in [-0.15, -0.1) is 0 Å². The highest BCUT2D eigenvalue weighted by molar-refractivity contribution is 5.42. The Balaban J connectivity index is 1.72. The molecule has 1 aliphatic heterocycles. The summed E-state index contributed by atoms with van der Waals surface area (Å²) in [6.45, 7) is 2.29. The first-order valence-corrected chi connectivity index (χ1v) is 8.49. The molecule has 142 valence electrons. The van der Waals surface area contributed by atoms with Crippen molar-refractivity contribution in [1.29, 1.82) is 5.26 Å². The van der Waals surface area contributed by atoms with E-state index in [1.165, 1.54) is 12.1 Å². The van der Waals surface area contributed by atoms with Gasteiger partial charge < -0.3 is 9.47 Å². The minimum absolute atomic E-state index is 0.300. The molecule has 27 heavy (non-hydrogen) atoms. The van der Waals surface area contributed by atoms with Crippen LogP contribution in [-0.4, -0.2) is 31.7 Å². The molecule has 2 aromatic carbocycles. The fraction of sp³-hybridized carbons (Fsp3) is 0.350. The van der Waals surface area contributed by atoms with Crippen LogP contribution >= 0.6 is 0 Å². The molecule has 4 nitrogen and oxygen atoms in total. The van der Waals surface area contributed by atoms with Crippen molar-refractivity contribution in [2.75, 3.05) is 26.8 Å². The lowest BCUT2D eigenvalue weighted by Crippen LogP contribution is -2.37. The summed E-state index contributed by atoms with van der Waals surface area (Å²) in [4.78, 5) is 2.14. The Morgan fingerprint density at radius 2 is 1.96 bits per heavy atom. The molecule has 3 rings (SSSR count). The van der Waals surface area contributed by atoms with Crippen molar-refractivity contribution in [3.63, 3.8) is 0 Å². The number of nitrogens with zero attached hydrogens (tertiary/aromatic N) is 2. The zero-order valence-corrected chi connectivity index (χ0v) is 14.8. The van der Waals surface area contributed by atoms with Gasteiger partial charge in [-0.1, -0.05) is 12.1 Å². The molecule has 0 N–H and O–H groups in total. The standard InChI is InChI=1S/C20H19F3N2O2/c1-26-18-7-2-14(11-24)10-16(18)12-25-8-9-27-19(13-25)15-3-5-17(6-4-15)20(21,22)23/h2-7,10,19H,8-9,12-13H2,1H3. The topological polar surface area (TPSA) is 45.5 Å². The van der Waals surface area contributed by atoms with Gasteiger partial charge in [0.05, 0.1) is 37.0 Å². The van der Waals surface area contributed by atoms with Crippen LogP contribution < -0.4 is 4.74 Å². The van der Waals surface area contributed by atoms with E-state index in [1.54, 1.807) is 25.3 Å². The molecule has 1 heterocycles. The van der Waals surface area contributed by atoms with Gasteiger partial charge in [-0.05, 0) is 35.9 Å². The molecule has 0 aliphatic carbocycles. The monoisotopic (exact) mass is 376 g/mol. The van der Waals surface area contributed by atoms with E-state index in [0.717, 1.165) is 17.7 Å². The molecular weight excluding hydrogens is 357 g/mol. The van der Waals surface area contributed by atoms with Crippen molar-refractivity contribution in [3.8, 4) is 11.8 Å². The summed E-state index contributed by atoms with van der Waals surface area (Å²) >= 11 is 0. The van der Waals surface area contributed by atoms with Crippen LogP contribution in [0.4, 0.5) is 13.2 Å². The molecule has 0 radical (unpaired) electrons. The number of rotatable bonds is 4. The molecule has 0 aromatic heterocycles. The van der Waals surface area contributed by atoms with E-state index >= 15 is 0 Å². The second-order valence-corrected chi connectivity index (χ2v) is 6.35. The lowest BCUT2D eigenvalue weighted by Gasteiger charge is -2.33. The Hall–Kier alpha value is -2.56. The number of alkyl halides is 3. The second kappa shape index (κ2) is 7.99. The van der Waals surface area contributed by atoms with Crippen molar-refractivity contribution in [1.82, 2.24) is 4.90 Å². The van der Waals surface area contributed by atoms with Crippen molar-refractivity contribution >= 4 is 0 Å². The lowest BCUT2D eigenvalue weighted by atomic mass is 10.0. The van der Waals surface area contributed by atoms with Gasteiger partial charge in [-0.3, -0.25) is 4.90 Å². The summed E-state index contributed by atoms with van der Waals surface area (Å²) in [6, 6.07) is 12.5. The average molecular weight is 376 g/mol. The molecule has 1 unspecified atom stereocenters. The van der Waals surface area contributed by atoms with Gasteiger partial charge in [0.25, 0.3) is 0 Å². The van der Waals surface area contributed by atoms with Gasteiger partial charge in [-0.2, -0.15) is 18.4 Å². The third-order valence-corrected chi connectivity index (χ3v) is 4.56. The molecule has 1 fully saturated rings. The molecule has 1 aliphatic rings. The SMILES string of the molecule is COc1ccc(C#N)cc1CN1CCOC(c2ccc(C(F)(F)F)cc2)C1. The fourth-order valence-electron chi connectivity index (χ4n) is 3.15. The quantitative estimate of drug-likeness (QED) is 0.804. The van der Waals surface area contributed by atoms with E-state index in [-0.39, 0.29) is 6.10 Å². The van der Waals surface area contributed by atoms with Crippen LogP contribution in [0.3, 0.4) is 0 Å². The number of hydrogen-bond acceptors (Lipinski definition) is 4. The van der Waals surface area contributed by atoms with Crippen molar-refractivity contribution in [3.05, 3.63) is 64.7 Å². The molecule has 0 amide bonds. The van der Waals surface area contributed by atoms with E-state index in [4.69, 9.17) is 14.7 Å². The van der Waals surface area contributed by atoms with Crippen LogP contribution in [0.5, 0.6) is 5.75 Å². The number of hydrogen-bond donors (Lipinski definition) is 0. The fourth-order valence-corrected chi connectivity index (χ4v) is 3.15. The average Bonchev–Trinajstić information content (AvgIpc) is 2.67. The van der Waals surface area contributed by atoms with Gasteiger partial charge in [0.15, 0.2) is 0 Å². The third-order valence-electron chi connectivity index (χ3n) is 4.56. The Morgan fingerprint density at radius 3 is 2.59 bits per heavy atom. The summed E-state index contributed by atoms with van der Waals surface area (Å²) in [7, 11) is 1.58. The van der Waals surface area contributed by atoms with E-state index in [1.807, 2.05) is 0 Å². The normalized spacial score (nSPS) is 18.1. The number of nitriles is 1. The van der Waals surface area contributed by atoms with E-state index < -0.39 is 11.7 Å². The minimum Gasteiger partial charge on any atom is -0.496 e. The van der Waals surface area contributed by atoms with Gasteiger partial charge in [0.1, 0.15) is 5.75 Å². The zero-order valence-electron chi connectivity index (χ0n) is 14.8. The van der Waals surface area contributed by atoms with Crippen LogP contribution in [0.25, 0.3) is 0 Å². The minimum atomic E-state index is -4.35. The Morgan fingerprint density at radius 1 is 1.22 bits per heavy atom. The van der Waals surface area contributed by atoms with Gasteiger partial charge >= 0.3 is 6.18 Å². The van der Waals surface area contributed by atoms with Gasteiger partial charge in [0, 0.05) is 25.2 Å². The second-order valence-electron chi connectivity index (χ2n) is 6.35. The van der Waals surface area contributed by atoms with E-state index in [0.29, 0.717) is 43.1 Å². The Bertz CT molecular complexity index is 829. The first kappa shape index (κ1) is 19.2. The molecule has 0 saturated carbocycles. The number of benzene rings is 2. The number of methoxy groups -OCH3 is 1. The molecular formula is C20H19F3N2O2. The molecule has 2 aromatic rings. The van der Waals surface area contributed by atoms with Gasteiger partial charge in [-0.25, -0.2) is 0 Å². The molecule has 1 atom stereocenters. The number of ether oxygens (including phenoxy) is 2. The van der Waals surface area contributed by atoms with Crippen molar-refractivity contribution in [2.24, 2.45) is 0 Å². The van der Waals surface area contributed by atoms with Crippen LogP contribution in [0, 0.1) is 11.3 Å². The summed E-state index contributed by atoms with van der Waals surface area (Å²) in [5.41, 5.74) is 1.49. The maximum atomic E-state index is 12.7. The summed E-state index contributed by atoms with van der Waals surface area (Å²) < 4.78 is 49.3. The Labute approximate surface area is 155 Å². The first-order chi connectivity index (χ1) is 12.9. The van der Waals surface area contributed by atoms with E-state index in [9.17, 15) is 13.2 Å². The predicted octanol–water partition coefficient (Wildman–Crippen LogP) is 4.16. The maximum absolute atomic E-state index is 12.7. The van der Waals surface area contributed by atoms with E-state index in [2.05, 4.69) is 11.0 Å². The smallest absolute Gasteiger partial charge is 0.416 e. The third kappa shape index (κ3) is 4.59. The molecule has 7 heteroatoms. The zero-order chi connectivity index (χ0) is 19.4. The summed E-state index contributed by atoms with van der Waals surface area (Å²) in [6.07, 6.45) is -4.65. The highest BCUT2D eigenvalue weighted by Gasteiger charge is 2.31. The molecule has 0 bridgehead atoms. The molecule has 0 spiro atoms. The summed E-state index contributed by atoms with van der Waals surface area (Å²) in [5.74, 6) is 0.701. The highest BCUT2D eigenvalue weighted by Crippen LogP contribution is 2.31. The van der Waals surface area contributed by atoms with Gasteiger partial charge in [0.2, 0.25) is 0 Å². The lowest BCUT2D eigenvalue weighted by molar-refractivity contribution is -0.137. The van der Waals surface area contributed by atoms with Crippen LogP contribution in [0.2, 0.25) is 0 Å². The maximum Gasteiger partial charge on any atom is 0.416 e. The number of morpholine rings is 1.